The summed E-state index contributed by atoms with van der Waals surface area (Å²) in [7, 11) is 0. The summed E-state index contributed by atoms with van der Waals surface area (Å²) in [6.07, 6.45) is 7.89. The van der Waals surface area contributed by atoms with Crippen LogP contribution in [0.1, 0.15) is 24.4 Å². The second-order valence-electron chi connectivity index (χ2n) is 6.73. The largest absolute Gasteiger partial charge is 0.318 e. The van der Waals surface area contributed by atoms with Crippen LogP contribution >= 0.6 is 0 Å². The van der Waals surface area contributed by atoms with Crippen molar-refractivity contribution in [2.45, 2.75) is 18.9 Å². The Balaban J connectivity index is 1.65. The molecule has 6 nitrogen and oxygen atoms in total. The summed E-state index contributed by atoms with van der Waals surface area (Å²) < 4.78 is 13.3. The molecule has 3 N–H and O–H groups in total. The molecule has 2 aliphatic heterocycles. The van der Waals surface area contributed by atoms with Gasteiger partial charge in [0.1, 0.15) is 5.82 Å². The Labute approximate surface area is 152 Å². The summed E-state index contributed by atoms with van der Waals surface area (Å²) >= 11 is 0. The Morgan fingerprint density at radius 2 is 1.96 bits per heavy atom. The lowest BCUT2D eigenvalue weighted by Gasteiger charge is -2.34. The average molecular weight is 354 g/mol. The summed E-state index contributed by atoms with van der Waals surface area (Å²) in [5.74, 6) is 0.743. The minimum Gasteiger partial charge on any atom is -0.318 e. The number of anilines is 1. The van der Waals surface area contributed by atoms with Gasteiger partial charge in [-0.25, -0.2) is 24.8 Å². The van der Waals surface area contributed by atoms with Crippen molar-refractivity contribution in [3.8, 4) is 0 Å². The molecule has 0 spiro atoms. The van der Waals surface area contributed by atoms with Gasteiger partial charge in [0.25, 0.3) is 0 Å². The lowest BCUT2D eigenvalue weighted by Crippen LogP contribution is -2.43. The van der Waals surface area contributed by atoms with E-state index in [-0.39, 0.29) is 11.9 Å². The van der Waals surface area contributed by atoms with Crippen molar-refractivity contribution >= 4 is 5.95 Å². The van der Waals surface area contributed by atoms with Crippen LogP contribution in [0.4, 0.5) is 10.3 Å². The predicted molar refractivity (Wildman–Crippen MR) is 98.2 cm³/mol. The number of hydrazine groups is 1. The third-order valence-electron chi connectivity index (χ3n) is 5.03. The average Bonchev–Trinajstić information content (AvgIpc) is 3.15. The molecule has 7 heteroatoms. The van der Waals surface area contributed by atoms with Crippen molar-refractivity contribution in [2.24, 2.45) is 11.7 Å². The van der Waals surface area contributed by atoms with Gasteiger partial charge in [-0.2, -0.15) is 0 Å². The molecule has 1 saturated heterocycles. The van der Waals surface area contributed by atoms with Crippen molar-refractivity contribution < 1.29 is 4.39 Å². The lowest BCUT2D eigenvalue weighted by atomic mass is 9.93. The van der Waals surface area contributed by atoms with Crippen LogP contribution in [0.2, 0.25) is 0 Å². The molecule has 0 bridgehead atoms. The van der Waals surface area contributed by atoms with Crippen molar-refractivity contribution in [1.82, 2.24) is 20.3 Å². The zero-order valence-electron chi connectivity index (χ0n) is 14.6. The van der Waals surface area contributed by atoms with Crippen molar-refractivity contribution in [3.63, 3.8) is 0 Å². The van der Waals surface area contributed by atoms with Crippen molar-refractivity contribution in [2.75, 3.05) is 24.8 Å². The molecule has 0 radical (unpaired) electrons. The first-order chi connectivity index (χ1) is 12.7. The molecule has 2 unspecified atom stereocenters. The second-order valence-corrected chi connectivity index (χ2v) is 6.73. The number of benzene rings is 1. The van der Waals surface area contributed by atoms with E-state index in [4.69, 9.17) is 5.73 Å². The van der Waals surface area contributed by atoms with E-state index < -0.39 is 0 Å². The number of hydrogen-bond donors (Lipinski definition) is 2. The van der Waals surface area contributed by atoms with Gasteiger partial charge in [-0.3, -0.25) is 4.90 Å². The minimum atomic E-state index is -0.231. The quantitative estimate of drug-likeness (QED) is 0.877. The van der Waals surface area contributed by atoms with E-state index in [0.29, 0.717) is 18.5 Å². The van der Waals surface area contributed by atoms with Gasteiger partial charge in [-0.05, 0) is 49.2 Å². The standard InChI is InChI=1S/C19H23FN6/c20-16-6-4-14(5-7-16)17-11-18(15-3-1-10-25(12-15)13-21)26(24-17)19-22-8-2-9-23-19/h2,4-9,11,15,17,24H,1,3,10,12-13,21H2. The molecule has 0 amide bonds. The molecule has 1 aromatic carbocycles. The van der Waals surface area contributed by atoms with Gasteiger partial charge in [0.15, 0.2) is 0 Å². The SMILES string of the molecule is NCN1CCCC(C2=CC(c3ccc(F)cc3)NN2c2ncccn2)C1. The molecule has 1 fully saturated rings. The first-order valence-electron chi connectivity index (χ1n) is 8.97. The molecule has 0 aliphatic carbocycles. The fraction of sp³-hybridized carbons (Fsp3) is 0.368. The summed E-state index contributed by atoms with van der Waals surface area (Å²) in [5.41, 5.74) is 11.5. The highest BCUT2D eigenvalue weighted by Crippen LogP contribution is 2.34. The maximum absolute atomic E-state index is 13.3. The van der Waals surface area contributed by atoms with Crippen LogP contribution in [-0.4, -0.2) is 34.6 Å². The van der Waals surface area contributed by atoms with Gasteiger partial charge in [0.2, 0.25) is 5.95 Å². The Kier molecular flexibility index (Phi) is 4.92. The van der Waals surface area contributed by atoms with Gasteiger partial charge in [0, 0.05) is 37.2 Å². The maximum atomic E-state index is 13.3. The van der Waals surface area contributed by atoms with E-state index in [1.54, 1.807) is 18.5 Å². The smallest absolute Gasteiger partial charge is 0.244 e. The molecule has 2 atom stereocenters. The van der Waals surface area contributed by atoms with Crippen LogP contribution in [0.5, 0.6) is 0 Å². The molecule has 3 heterocycles. The Bertz CT molecular complexity index is 763. The normalized spacial score (nSPS) is 23.9. The first kappa shape index (κ1) is 17.1. The molecular formula is C19H23FN6. The Morgan fingerprint density at radius 3 is 2.69 bits per heavy atom. The van der Waals surface area contributed by atoms with Crippen LogP contribution < -0.4 is 16.2 Å². The number of halogens is 1. The molecule has 0 saturated carbocycles. The van der Waals surface area contributed by atoms with Crippen molar-refractivity contribution in [1.29, 1.82) is 0 Å². The number of aromatic nitrogens is 2. The van der Waals surface area contributed by atoms with E-state index in [9.17, 15) is 4.39 Å². The second kappa shape index (κ2) is 7.49. The molecule has 4 rings (SSSR count). The number of nitrogens with zero attached hydrogens (tertiary/aromatic N) is 4. The number of rotatable bonds is 4. The van der Waals surface area contributed by atoms with Crippen LogP contribution in [0.3, 0.4) is 0 Å². The van der Waals surface area contributed by atoms with Crippen LogP contribution in [0.15, 0.2) is 54.5 Å². The number of piperidine rings is 1. The molecule has 2 aliphatic rings. The fourth-order valence-corrected chi connectivity index (χ4v) is 3.70. The summed E-state index contributed by atoms with van der Waals surface area (Å²) in [4.78, 5) is 11.1. The van der Waals surface area contributed by atoms with Gasteiger partial charge in [-0.1, -0.05) is 12.1 Å². The summed E-state index contributed by atoms with van der Waals surface area (Å²) in [5, 5.41) is 1.97. The molecule has 2 aromatic rings. The summed E-state index contributed by atoms with van der Waals surface area (Å²) in [6, 6.07) is 8.36. The topological polar surface area (TPSA) is 70.3 Å². The van der Waals surface area contributed by atoms with Crippen LogP contribution in [-0.2, 0) is 0 Å². The predicted octanol–water partition coefficient (Wildman–Crippen LogP) is 2.19. The van der Waals surface area contributed by atoms with E-state index in [2.05, 4.69) is 26.4 Å². The van der Waals surface area contributed by atoms with E-state index in [1.165, 1.54) is 12.1 Å². The van der Waals surface area contributed by atoms with Crippen LogP contribution in [0.25, 0.3) is 0 Å². The number of likely N-dealkylation sites (tertiary alicyclic amines) is 1. The van der Waals surface area contributed by atoms with E-state index in [0.717, 1.165) is 37.2 Å². The van der Waals surface area contributed by atoms with Gasteiger partial charge < -0.3 is 5.73 Å². The first-order valence-corrected chi connectivity index (χ1v) is 8.97. The molecule has 1 aromatic heterocycles. The lowest BCUT2D eigenvalue weighted by molar-refractivity contribution is 0.194. The highest BCUT2D eigenvalue weighted by Gasteiger charge is 2.33. The Hall–Kier alpha value is -2.35. The molecule has 136 valence electrons. The zero-order valence-corrected chi connectivity index (χ0v) is 14.6. The zero-order chi connectivity index (χ0) is 17.9. The minimum absolute atomic E-state index is 0.0392. The third-order valence-corrected chi connectivity index (χ3v) is 5.03. The molecular weight excluding hydrogens is 331 g/mol. The third kappa shape index (κ3) is 3.46. The molecule has 26 heavy (non-hydrogen) atoms. The van der Waals surface area contributed by atoms with E-state index >= 15 is 0 Å². The van der Waals surface area contributed by atoms with E-state index in [1.807, 2.05) is 17.1 Å². The number of hydrogen-bond acceptors (Lipinski definition) is 6. The number of nitrogens with one attached hydrogen (secondary N) is 1. The highest BCUT2D eigenvalue weighted by atomic mass is 19.1. The highest BCUT2D eigenvalue weighted by molar-refractivity contribution is 5.45. The fourth-order valence-electron chi connectivity index (χ4n) is 3.70. The van der Waals surface area contributed by atoms with Crippen molar-refractivity contribution in [3.05, 3.63) is 65.9 Å². The maximum Gasteiger partial charge on any atom is 0.244 e. The Morgan fingerprint density at radius 1 is 1.19 bits per heavy atom. The van der Waals surface area contributed by atoms with Gasteiger partial charge in [0.05, 0.1) is 6.04 Å². The summed E-state index contributed by atoms with van der Waals surface area (Å²) in [6.45, 7) is 2.53. The van der Waals surface area contributed by atoms with Crippen LogP contribution in [0, 0.1) is 11.7 Å². The van der Waals surface area contributed by atoms with Gasteiger partial charge in [-0.15, -0.1) is 0 Å². The number of nitrogens with two attached hydrogens (primary N) is 1. The monoisotopic (exact) mass is 354 g/mol. The van der Waals surface area contributed by atoms with Gasteiger partial charge >= 0.3 is 0 Å².